The first-order chi connectivity index (χ1) is 16.3. The Morgan fingerprint density at radius 1 is 1.03 bits per heavy atom. The minimum absolute atomic E-state index is 0.00963. The van der Waals surface area contributed by atoms with Crippen LogP contribution in [0.3, 0.4) is 0 Å². The van der Waals surface area contributed by atoms with E-state index in [4.69, 9.17) is 4.74 Å². The van der Waals surface area contributed by atoms with Gasteiger partial charge in [-0.1, -0.05) is 32.0 Å². The molecule has 0 aliphatic carbocycles. The zero-order valence-electron chi connectivity index (χ0n) is 18.9. The highest BCUT2D eigenvalue weighted by molar-refractivity contribution is 7.92. The summed E-state index contributed by atoms with van der Waals surface area (Å²) in [5, 5.41) is 3.91. The summed E-state index contributed by atoms with van der Waals surface area (Å²) in [6, 6.07) is 19.7. The molecule has 0 saturated carbocycles. The Hall–Kier alpha value is -3.72. The number of rotatable bonds is 10. The maximum absolute atomic E-state index is 13.4. The Morgan fingerprint density at radius 3 is 2.29 bits per heavy atom. The van der Waals surface area contributed by atoms with Crippen LogP contribution in [-0.2, 0) is 14.8 Å². The molecule has 1 amide bonds. The number of sulfonamides is 1. The first kappa shape index (κ1) is 24.9. The molecule has 3 aromatic rings. The van der Waals surface area contributed by atoms with Crippen LogP contribution in [0, 0.1) is 11.7 Å². The zero-order valence-corrected chi connectivity index (χ0v) is 19.7. The highest BCUT2D eigenvalue weighted by Gasteiger charge is 2.27. The fraction of sp³-hybridized carbons (Fsp3) is 0.200. The molecule has 0 fully saturated rings. The molecule has 0 saturated heterocycles. The van der Waals surface area contributed by atoms with E-state index in [-0.39, 0.29) is 10.6 Å². The SMILES string of the molecule is CC(C)COc1ccc(/C=N\NC(=O)CN(c2ccc(F)cc2)S(=O)(=O)c2ccccc2)cc1. The maximum atomic E-state index is 13.4. The predicted octanol–water partition coefficient (Wildman–Crippen LogP) is 4.21. The second-order valence-electron chi connectivity index (χ2n) is 7.87. The Morgan fingerprint density at radius 2 is 1.68 bits per heavy atom. The molecule has 0 unspecified atom stereocenters. The van der Waals surface area contributed by atoms with Gasteiger partial charge < -0.3 is 4.74 Å². The van der Waals surface area contributed by atoms with E-state index in [1.807, 2.05) is 0 Å². The number of hydrogen-bond acceptors (Lipinski definition) is 5. The number of nitrogens with zero attached hydrogens (tertiary/aromatic N) is 2. The van der Waals surface area contributed by atoms with Gasteiger partial charge >= 0.3 is 0 Å². The van der Waals surface area contributed by atoms with Gasteiger partial charge in [-0.2, -0.15) is 5.10 Å². The summed E-state index contributed by atoms with van der Waals surface area (Å²) in [5.41, 5.74) is 3.22. The van der Waals surface area contributed by atoms with Crippen LogP contribution in [0.5, 0.6) is 5.75 Å². The van der Waals surface area contributed by atoms with E-state index in [1.165, 1.54) is 30.5 Å². The molecule has 0 bridgehead atoms. The molecule has 9 heteroatoms. The van der Waals surface area contributed by atoms with E-state index in [9.17, 15) is 17.6 Å². The van der Waals surface area contributed by atoms with E-state index in [2.05, 4.69) is 24.4 Å². The van der Waals surface area contributed by atoms with Gasteiger partial charge in [0.1, 0.15) is 18.1 Å². The Balaban J connectivity index is 1.70. The van der Waals surface area contributed by atoms with Crippen molar-refractivity contribution in [3.05, 3.63) is 90.2 Å². The first-order valence-corrected chi connectivity index (χ1v) is 12.1. The zero-order chi connectivity index (χ0) is 24.6. The van der Waals surface area contributed by atoms with Crippen LogP contribution in [0.2, 0.25) is 0 Å². The van der Waals surface area contributed by atoms with Gasteiger partial charge in [-0.05, 0) is 72.1 Å². The summed E-state index contributed by atoms with van der Waals surface area (Å²) in [7, 11) is -4.07. The highest BCUT2D eigenvalue weighted by Crippen LogP contribution is 2.23. The standard InChI is InChI=1S/C25H26FN3O4S/c1-19(2)18-33-23-14-8-20(9-15-23)16-27-28-25(30)17-29(22-12-10-21(26)11-13-22)34(31,32)24-6-4-3-5-7-24/h3-16,19H,17-18H2,1-2H3,(H,28,30)/b27-16-. The van der Waals surface area contributed by atoms with Crippen molar-refractivity contribution in [2.45, 2.75) is 18.7 Å². The lowest BCUT2D eigenvalue weighted by Gasteiger charge is -2.23. The lowest BCUT2D eigenvalue weighted by Crippen LogP contribution is -2.39. The van der Waals surface area contributed by atoms with E-state index < -0.39 is 28.3 Å². The van der Waals surface area contributed by atoms with Gasteiger partial charge in [0.25, 0.3) is 15.9 Å². The fourth-order valence-electron chi connectivity index (χ4n) is 2.90. The van der Waals surface area contributed by atoms with Crippen LogP contribution >= 0.6 is 0 Å². The van der Waals surface area contributed by atoms with Gasteiger partial charge in [0, 0.05) is 0 Å². The van der Waals surface area contributed by atoms with Crippen molar-refractivity contribution >= 4 is 27.8 Å². The molecule has 0 aromatic heterocycles. The van der Waals surface area contributed by atoms with Gasteiger partial charge in [-0.15, -0.1) is 0 Å². The quantitative estimate of drug-likeness (QED) is 0.346. The molecule has 0 radical (unpaired) electrons. The summed E-state index contributed by atoms with van der Waals surface area (Å²) in [6.45, 7) is 4.19. The van der Waals surface area contributed by atoms with Crippen LogP contribution in [0.4, 0.5) is 10.1 Å². The van der Waals surface area contributed by atoms with Crippen LogP contribution in [0.1, 0.15) is 19.4 Å². The fourth-order valence-corrected chi connectivity index (χ4v) is 4.34. The van der Waals surface area contributed by atoms with Crippen LogP contribution in [0.25, 0.3) is 0 Å². The minimum atomic E-state index is -4.07. The molecule has 1 N–H and O–H groups in total. The topological polar surface area (TPSA) is 88.1 Å². The van der Waals surface area contributed by atoms with Crippen molar-refractivity contribution in [2.24, 2.45) is 11.0 Å². The van der Waals surface area contributed by atoms with Crippen molar-refractivity contribution in [3.63, 3.8) is 0 Å². The smallest absolute Gasteiger partial charge is 0.264 e. The van der Waals surface area contributed by atoms with Crippen LogP contribution in [0.15, 0.2) is 88.9 Å². The Labute approximate surface area is 198 Å². The van der Waals surface area contributed by atoms with Crippen LogP contribution in [-0.4, -0.2) is 33.7 Å². The molecule has 34 heavy (non-hydrogen) atoms. The lowest BCUT2D eigenvalue weighted by molar-refractivity contribution is -0.119. The average Bonchev–Trinajstić information content (AvgIpc) is 2.83. The summed E-state index contributed by atoms with van der Waals surface area (Å²) in [4.78, 5) is 12.5. The third kappa shape index (κ3) is 6.89. The van der Waals surface area contributed by atoms with Gasteiger partial charge in [-0.25, -0.2) is 18.2 Å². The van der Waals surface area contributed by atoms with Gasteiger partial charge in [0.15, 0.2) is 0 Å². The normalized spacial score (nSPS) is 11.5. The summed E-state index contributed by atoms with van der Waals surface area (Å²) >= 11 is 0. The molecular weight excluding hydrogens is 457 g/mol. The molecule has 178 valence electrons. The molecule has 0 heterocycles. The molecule has 3 aromatic carbocycles. The number of hydrogen-bond donors (Lipinski definition) is 1. The third-order valence-corrected chi connectivity index (χ3v) is 6.39. The molecule has 0 spiro atoms. The van der Waals surface area contributed by atoms with Crippen molar-refractivity contribution in [1.82, 2.24) is 5.43 Å². The largest absolute Gasteiger partial charge is 0.493 e. The van der Waals surface area contributed by atoms with E-state index in [0.717, 1.165) is 27.8 Å². The third-order valence-electron chi connectivity index (χ3n) is 4.60. The minimum Gasteiger partial charge on any atom is -0.493 e. The summed E-state index contributed by atoms with van der Waals surface area (Å²) < 4.78 is 46.3. The van der Waals surface area contributed by atoms with Crippen molar-refractivity contribution in [1.29, 1.82) is 0 Å². The molecule has 3 rings (SSSR count). The van der Waals surface area contributed by atoms with Crippen molar-refractivity contribution in [3.8, 4) is 5.75 Å². The number of benzene rings is 3. The number of carbonyl (C=O) groups is 1. The molecule has 0 aliphatic heterocycles. The lowest BCUT2D eigenvalue weighted by atomic mass is 10.2. The number of ether oxygens (including phenoxy) is 1. The average molecular weight is 484 g/mol. The molecule has 7 nitrogen and oxygen atoms in total. The van der Waals surface area contributed by atoms with Gasteiger partial charge in [0.2, 0.25) is 0 Å². The second kappa shape index (κ2) is 11.4. The highest BCUT2D eigenvalue weighted by atomic mass is 32.2. The maximum Gasteiger partial charge on any atom is 0.264 e. The van der Waals surface area contributed by atoms with Gasteiger partial charge in [0.05, 0.1) is 23.4 Å². The Bertz CT molecular complexity index is 1210. The number of amides is 1. The number of nitrogens with one attached hydrogen (secondary N) is 1. The number of carbonyl (C=O) groups excluding carboxylic acids is 1. The second-order valence-corrected chi connectivity index (χ2v) is 9.73. The van der Waals surface area contributed by atoms with Gasteiger partial charge in [-0.3, -0.25) is 9.10 Å². The number of anilines is 1. The Kier molecular flexibility index (Phi) is 8.37. The molecular formula is C25H26FN3O4S. The molecule has 0 atom stereocenters. The molecule has 0 aliphatic rings. The number of halogens is 1. The van der Waals surface area contributed by atoms with E-state index in [0.29, 0.717) is 12.5 Å². The van der Waals surface area contributed by atoms with Crippen molar-refractivity contribution in [2.75, 3.05) is 17.5 Å². The summed E-state index contributed by atoms with van der Waals surface area (Å²) in [6.07, 6.45) is 1.44. The van der Waals surface area contributed by atoms with Crippen LogP contribution < -0.4 is 14.5 Å². The van der Waals surface area contributed by atoms with E-state index >= 15 is 0 Å². The van der Waals surface area contributed by atoms with E-state index in [1.54, 1.807) is 42.5 Å². The predicted molar refractivity (Wildman–Crippen MR) is 130 cm³/mol. The van der Waals surface area contributed by atoms with Crippen molar-refractivity contribution < 1.29 is 22.3 Å². The first-order valence-electron chi connectivity index (χ1n) is 10.6. The summed E-state index contributed by atoms with van der Waals surface area (Å²) in [5.74, 6) is -0.0278. The number of hydrazone groups is 1. The monoisotopic (exact) mass is 483 g/mol.